The number of aromatic nitrogens is 2. The van der Waals surface area contributed by atoms with Crippen LogP contribution in [0.15, 0.2) is 48.7 Å². The van der Waals surface area contributed by atoms with E-state index in [0.717, 1.165) is 11.7 Å². The maximum atomic E-state index is 13.8. The molecule has 0 unspecified atom stereocenters. The van der Waals surface area contributed by atoms with E-state index in [0.29, 0.717) is 5.56 Å². The zero-order valence-electron chi connectivity index (χ0n) is 15.1. The minimum atomic E-state index is -0.673. The van der Waals surface area contributed by atoms with Gasteiger partial charge in [0.1, 0.15) is 5.82 Å². The summed E-state index contributed by atoms with van der Waals surface area (Å²) in [6.07, 6.45) is 1.34. The molecule has 10 heteroatoms. The second-order valence-electron chi connectivity index (χ2n) is 5.82. The number of hydrogen-bond acceptors (Lipinski definition) is 7. The molecular weight excluding hydrogens is 399 g/mol. The summed E-state index contributed by atoms with van der Waals surface area (Å²) in [5.41, 5.74) is 0.974. The number of benzene rings is 2. The lowest BCUT2D eigenvalue weighted by atomic mass is 10.1. The van der Waals surface area contributed by atoms with Crippen molar-refractivity contribution in [3.05, 3.63) is 76.9 Å². The maximum Gasteiger partial charge on any atom is 0.337 e. The number of methoxy groups -OCH3 is 1. The molecule has 3 rings (SSSR count). The third kappa shape index (κ3) is 4.99. The van der Waals surface area contributed by atoms with Crippen LogP contribution in [-0.2, 0) is 11.3 Å². The monoisotopic (exact) mass is 414 g/mol. The van der Waals surface area contributed by atoms with Gasteiger partial charge in [0.25, 0.3) is 11.8 Å². The molecule has 8 nitrogen and oxygen atoms in total. The van der Waals surface area contributed by atoms with Crippen LogP contribution in [0.1, 0.15) is 36.8 Å². The van der Waals surface area contributed by atoms with Crippen molar-refractivity contribution in [2.75, 3.05) is 12.4 Å². The van der Waals surface area contributed by atoms with Crippen LogP contribution in [0.2, 0.25) is 0 Å². The van der Waals surface area contributed by atoms with Crippen molar-refractivity contribution in [2.45, 2.75) is 6.54 Å². The van der Waals surface area contributed by atoms with Crippen molar-refractivity contribution in [1.29, 1.82) is 0 Å². The van der Waals surface area contributed by atoms with Crippen molar-refractivity contribution in [2.24, 2.45) is 0 Å². The van der Waals surface area contributed by atoms with Gasteiger partial charge >= 0.3 is 5.97 Å². The second kappa shape index (κ2) is 9.02. The summed E-state index contributed by atoms with van der Waals surface area (Å²) >= 11 is 0.907. The normalized spacial score (nSPS) is 10.3. The molecule has 0 saturated heterocycles. The molecule has 0 radical (unpaired) electrons. The summed E-state index contributed by atoms with van der Waals surface area (Å²) in [4.78, 5) is 36.4. The predicted molar refractivity (Wildman–Crippen MR) is 103 cm³/mol. The molecule has 29 heavy (non-hydrogen) atoms. The maximum absolute atomic E-state index is 13.8. The highest BCUT2D eigenvalue weighted by Crippen LogP contribution is 2.18. The molecule has 0 bridgehead atoms. The van der Waals surface area contributed by atoms with Crippen LogP contribution >= 0.6 is 11.7 Å². The first-order valence-electron chi connectivity index (χ1n) is 8.32. The second-order valence-corrected chi connectivity index (χ2v) is 6.38. The molecule has 0 aliphatic carbocycles. The number of amides is 2. The molecule has 2 amide bonds. The van der Waals surface area contributed by atoms with Gasteiger partial charge in [-0.15, -0.1) is 0 Å². The minimum Gasteiger partial charge on any atom is -0.465 e. The lowest BCUT2D eigenvalue weighted by Gasteiger charge is -2.11. The average Bonchev–Trinajstić information content (AvgIpc) is 3.26. The van der Waals surface area contributed by atoms with Crippen LogP contribution in [0.4, 0.5) is 10.1 Å². The van der Waals surface area contributed by atoms with Crippen LogP contribution in [-0.4, -0.2) is 33.6 Å². The Kier molecular flexibility index (Phi) is 6.25. The SMILES string of the molecule is COC(=O)c1cc(CNC(=O)c2cnsn2)cc(NC(=O)c2ccccc2F)c1. The highest BCUT2D eigenvalue weighted by molar-refractivity contribution is 6.99. The quantitative estimate of drug-likeness (QED) is 0.600. The number of rotatable bonds is 6. The number of carbonyl (C=O) groups excluding carboxylic acids is 3. The lowest BCUT2D eigenvalue weighted by Crippen LogP contribution is -2.23. The highest BCUT2D eigenvalue weighted by Gasteiger charge is 2.15. The van der Waals surface area contributed by atoms with E-state index in [-0.39, 0.29) is 29.1 Å². The summed E-state index contributed by atoms with van der Waals surface area (Å²) < 4.78 is 26.2. The number of esters is 1. The topological polar surface area (TPSA) is 110 Å². The van der Waals surface area contributed by atoms with Crippen LogP contribution in [0.3, 0.4) is 0 Å². The van der Waals surface area contributed by atoms with E-state index in [4.69, 9.17) is 4.74 Å². The van der Waals surface area contributed by atoms with E-state index < -0.39 is 23.6 Å². The molecule has 0 aliphatic rings. The fourth-order valence-corrected chi connectivity index (χ4v) is 2.90. The molecule has 0 spiro atoms. The number of anilines is 1. The van der Waals surface area contributed by atoms with Crippen molar-refractivity contribution in [3.63, 3.8) is 0 Å². The van der Waals surface area contributed by atoms with Crippen LogP contribution < -0.4 is 10.6 Å². The minimum absolute atomic E-state index is 0.0593. The van der Waals surface area contributed by atoms with E-state index >= 15 is 0 Å². The van der Waals surface area contributed by atoms with Crippen LogP contribution in [0, 0.1) is 5.82 Å². The number of hydrogen-bond donors (Lipinski definition) is 2. The smallest absolute Gasteiger partial charge is 0.337 e. The van der Waals surface area contributed by atoms with Crippen molar-refractivity contribution >= 4 is 35.2 Å². The van der Waals surface area contributed by atoms with Crippen LogP contribution in [0.5, 0.6) is 0 Å². The molecule has 2 aromatic carbocycles. The number of halogens is 1. The Hall–Kier alpha value is -3.66. The first-order valence-corrected chi connectivity index (χ1v) is 9.05. The van der Waals surface area contributed by atoms with Gasteiger partial charge in [-0.2, -0.15) is 8.75 Å². The van der Waals surface area contributed by atoms with Gasteiger partial charge < -0.3 is 15.4 Å². The summed E-state index contributed by atoms with van der Waals surface area (Å²) in [7, 11) is 1.23. The first-order chi connectivity index (χ1) is 14.0. The number of carbonyl (C=O) groups is 3. The molecule has 1 heterocycles. The Balaban J connectivity index is 1.81. The fraction of sp³-hybridized carbons (Fsp3) is 0.105. The van der Waals surface area contributed by atoms with E-state index in [9.17, 15) is 18.8 Å². The number of nitrogens with one attached hydrogen (secondary N) is 2. The van der Waals surface area contributed by atoms with E-state index in [1.54, 1.807) is 6.07 Å². The number of nitrogens with zero attached hydrogens (tertiary/aromatic N) is 2. The Labute approximate surface area is 169 Å². The Morgan fingerprint density at radius 2 is 1.93 bits per heavy atom. The predicted octanol–water partition coefficient (Wildman–Crippen LogP) is 2.65. The number of ether oxygens (including phenoxy) is 1. The van der Waals surface area contributed by atoms with Gasteiger partial charge in [-0.05, 0) is 35.9 Å². The van der Waals surface area contributed by atoms with E-state index in [2.05, 4.69) is 19.4 Å². The summed E-state index contributed by atoms with van der Waals surface area (Å²) in [6.45, 7) is 0.0593. The highest BCUT2D eigenvalue weighted by atomic mass is 32.1. The van der Waals surface area contributed by atoms with E-state index in [1.807, 2.05) is 0 Å². The van der Waals surface area contributed by atoms with Gasteiger partial charge in [0.05, 0.1) is 36.2 Å². The van der Waals surface area contributed by atoms with Gasteiger partial charge in [0.2, 0.25) is 0 Å². The molecular formula is C19H15FN4O4S. The third-order valence-corrected chi connectivity index (χ3v) is 4.32. The Morgan fingerprint density at radius 1 is 1.14 bits per heavy atom. The largest absolute Gasteiger partial charge is 0.465 e. The van der Waals surface area contributed by atoms with Gasteiger partial charge in [-0.1, -0.05) is 12.1 Å². The van der Waals surface area contributed by atoms with Crippen molar-refractivity contribution in [3.8, 4) is 0 Å². The fourth-order valence-electron chi connectivity index (χ4n) is 2.48. The average molecular weight is 414 g/mol. The zero-order valence-corrected chi connectivity index (χ0v) is 16.0. The van der Waals surface area contributed by atoms with Crippen molar-refractivity contribution < 1.29 is 23.5 Å². The molecule has 0 aliphatic heterocycles. The third-order valence-electron chi connectivity index (χ3n) is 3.84. The standard InChI is InChI=1S/C19H15FN4O4S/c1-28-19(27)12-6-11(9-21-18(26)16-10-22-29-24-16)7-13(8-12)23-17(25)14-4-2-3-5-15(14)20/h2-8,10H,9H2,1H3,(H,21,26)(H,23,25). The van der Waals surface area contributed by atoms with Crippen molar-refractivity contribution in [1.82, 2.24) is 14.1 Å². The Bertz CT molecular complexity index is 1060. The summed E-state index contributed by atoms with van der Waals surface area (Å²) in [5, 5.41) is 5.20. The van der Waals surface area contributed by atoms with Crippen LogP contribution in [0.25, 0.3) is 0 Å². The van der Waals surface area contributed by atoms with Gasteiger partial charge in [-0.3, -0.25) is 9.59 Å². The molecule has 148 valence electrons. The summed E-state index contributed by atoms with van der Waals surface area (Å²) in [5.74, 6) is -2.39. The molecule has 0 saturated carbocycles. The molecule has 0 fully saturated rings. The molecule has 0 atom stereocenters. The summed E-state index contributed by atoms with van der Waals surface area (Å²) in [6, 6.07) is 10.0. The van der Waals surface area contributed by atoms with E-state index in [1.165, 1.54) is 49.7 Å². The van der Waals surface area contributed by atoms with Gasteiger partial charge in [0, 0.05) is 12.2 Å². The molecule has 3 aromatic rings. The lowest BCUT2D eigenvalue weighted by molar-refractivity contribution is 0.0600. The molecule has 1 aromatic heterocycles. The van der Waals surface area contributed by atoms with Gasteiger partial charge in [0.15, 0.2) is 5.69 Å². The Morgan fingerprint density at radius 3 is 2.62 bits per heavy atom. The van der Waals surface area contributed by atoms with Gasteiger partial charge in [-0.25, -0.2) is 9.18 Å². The first kappa shape index (κ1) is 20.1. The zero-order chi connectivity index (χ0) is 20.8. The molecule has 2 N–H and O–H groups in total.